The predicted molar refractivity (Wildman–Crippen MR) is 169 cm³/mol. The van der Waals surface area contributed by atoms with Crippen molar-refractivity contribution in [2.24, 2.45) is 0 Å². The Balaban J connectivity index is 1.43. The van der Waals surface area contributed by atoms with E-state index in [0.717, 1.165) is 16.5 Å². The Morgan fingerprint density at radius 3 is 2.60 bits per heavy atom. The maximum Gasteiger partial charge on any atom is 0.407 e. The number of piperidine rings is 1. The first kappa shape index (κ1) is 32.2. The minimum atomic E-state index is -3.98. The van der Waals surface area contributed by atoms with E-state index in [9.17, 15) is 27.5 Å². The monoisotopic (exact) mass is 705 g/mol. The molecule has 1 aliphatic heterocycles. The van der Waals surface area contributed by atoms with Crippen LogP contribution in [0.4, 0.5) is 25.2 Å². The number of anilines is 2. The zero-order valence-corrected chi connectivity index (χ0v) is 26.9. The number of likely N-dealkylation sites (tertiary alicyclic amines) is 1. The molecule has 45 heavy (non-hydrogen) atoms. The van der Waals surface area contributed by atoms with Crippen LogP contribution in [0.3, 0.4) is 0 Å². The number of carbonyl (C=O) groups is 1. The zero-order valence-electron chi connectivity index (χ0n) is 24.5. The quantitative estimate of drug-likeness (QED) is 0.227. The summed E-state index contributed by atoms with van der Waals surface area (Å²) in [7, 11) is -3.98. The first-order chi connectivity index (χ1) is 21.2. The van der Waals surface area contributed by atoms with Crippen molar-refractivity contribution in [3.63, 3.8) is 0 Å². The van der Waals surface area contributed by atoms with Gasteiger partial charge < -0.3 is 15.3 Å². The lowest BCUT2D eigenvalue weighted by Gasteiger charge is -2.33. The van der Waals surface area contributed by atoms with Crippen molar-refractivity contribution in [3.8, 4) is 11.3 Å². The molecule has 16 heteroatoms. The molecule has 2 atom stereocenters. The summed E-state index contributed by atoms with van der Waals surface area (Å²) in [6, 6.07) is 7.89. The Hall–Kier alpha value is -4.18. The number of amides is 1. The van der Waals surface area contributed by atoms with Crippen LogP contribution in [0.1, 0.15) is 37.4 Å². The van der Waals surface area contributed by atoms with Gasteiger partial charge in [-0.2, -0.15) is 4.98 Å². The molecule has 1 fully saturated rings. The summed E-state index contributed by atoms with van der Waals surface area (Å²) >= 11 is 3.36. The predicted octanol–water partition coefficient (Wildman–Crippen LogP) is 5.09. The van der Waals surface area contributed by atoms with Crippen LogP contribution in [0.15, 0.2) is 51.9 Å². The number of rotatable bonds is 8. The second-order valence-electron chi connectivity index (χ2n) is 11.1. The van der Waals surface area contributed by atoms with E-state index in [0.29, 0.717) is 10.0 Å². The van der Waals surface area contributed by atoms with Gasteiger partial charge in [-0.25, -0.2) is 32.0 Å². The number of aryl methyl sites for hydroxylation is 1. The maximum atomic E-state index is 15.2. The van der Waals surface area contributed by atoms with E-state index >= 15 is 4.39 Å². The number of nitrogens with one attached hydrogen (secondary N) is 2. The number of fused-ring (bicyclic) bond motifs is 1. The molecule has 0 spiro atoms. The molecular formula is C29H30BrF2N7O5S. The van der Waals surface area contributed by atoms with Crippen LogP contribution in [0.25, 0.3) is 22.4 Å². The molecule has 5 rings (SSSR count). The molecule has 1 amide bonds. The molecular weight excluding hydrogens is 676 g/mol. The molecule has 4 aromatic rings. The van der Waals surface area contributed by atoms with Crippen LogP contribution in [0, 0.1) is 12.7 Å². The van der Waals surface area contributed by atoms with Crippen molar-refractivity contribution >= 4 is 54.8 Å². The van der Waals surface area contributed by atoms with E-state index in [1.54, 1.807) is 32.0 Å². The fourth-order valence-corrected chi connectivity index (χ4v) is 7.19. The van der Waals surface area contributed by atoms with Gasteiger partial charge in [0.25, 0.3) is 5.56 Å². The Labute approximate surface area is 265 Å². The molecule has 1 aliphatic rings. The SMILES string of the molecule is Cc1ccc(CS(=O)(=O)Nc2ccc(-c3nc4cnc(N[C@H]5C[C@H](F)CN(C(=O)O)C5)nc4n(C(C)C)c3=O)cc2F)c(Br)c1. The van der Waals surface area contributed by atoms with Crippen molar-refractivity contribution < 1.29 is 27.1 Å². The van der Waals surface area contributed by atoms with Crippen LogP contribution >= 0.6 is 15.9 Å². The first-order valence-corrected chi connectivity index (χ1v) is 16.4. The molecule has 0 radical (unpaired) electrons. The van der Waals surface area contributed by atoms with Crippen molar-refractivity contribution in [1.82, 2.24) is 24.4 Å². The van der Waals surface area contributed by atoms with Crippen LogP contribution in [0.2, 0.25) is 0 Å². The van der Waals surface area contributed by atoms with Crippen molar-refractivity contribution in [1.29, 1.82) is 0 Å². The van der Waals surface area contributed by atoms with E-state index in [4.69, 9.17) is 0 Å². The topological polar surface area (TPSA) is 159 Å². The summed E-state index contributed by atoms with van der Waals surface area (Å²) in [5.41, 5.74) is 1.01. The van der Waals surface area contributed by atoms with Crippen LogP contribution < -0.4 is 15.6 Å². The van der Waals surface area contributed by atoms with Crippen molar-refractivity contribution in [3.05, 3.63) is 74.4 Å². The number of aromatic nitrogens is 4. The Morgan fingerprint density at radius 2 is 1.93 bits per heavy atom. The number of halogens is 3. The van der Waals surface area contributed by atoms with Gasteiger partial charge >= 0.3 is 6.09 Å². The molecule has 0 bridgehead atoms. The van der Waals surface area contributed by atoms with E-state index in [1.807, 2.05) is 6.92 Å². The summed E-state index contributed by atoms with van der Waals surface area (Å²) in [5.74, 6) is -1.22. The van der Waals surface area contributed by atoms with Crippen LogP contribution in [-0.2, 0) is 15.8 Å². The van der Waals surface area contributed by atoms with Gasteiger partial charge in [0.15, 0.2) is 5.65 Å². The number of hydrogen-bond acceptors (Lipinski definition) is 8. The minimum absolute atomic E-state index is 0.0343. The number of nitrogens with zero attached hydrogens (tertiary/aromatic N) is 5. The third-order valence-electron chi connectivity index (χ3n) is 7.21. The van der Waals surface area contributed by atoms with E-state index in [2.05, 4.69) is 40.9 Å². The van der Waals surface area contributed by atoms with Crippen molar-refractivity contribution in [2.75, 3.05) is 23.1 Å². The summed E-state index contributed by atoms with van der Waals surface area (Å²) in [6.07, 6.45) is -1.17. The average molecular weight is 707 g/mol. The van der Waals surface area contributed by atoms with Crippen LogP contribution in [-0.4, -0.2) is 69.3 Å². The summed E-state index contributed by atoms with van der Waals surface area (Å²) in [5, 5.41) is 12.2. The van der Waals surface area contributed by atoms with Gasteiger partial charge in [-0.05, 0) is 50.1 Å². The molecule has 0 unspecified atom stereocenters. The molecule has 0 saturated carbocycles. The normalized spacial score (nSPS) is 17.1. The molecule has 1 saturated heterocycles. The van der Waals surface area contributed by atoms with Crippen molar-refractivity contribution in [2.45, 2.75) is 51.2 Å². The standard InChI is InChI=1S/C29H30BrF2N7O5S/c1-15(2)39-26-24(11-33-28(36-26)34-20-10-19(31)12-38(13-20)29(41)42)35-25(27(39)40)17-6-7-23(22(32)9-17)37-45(43,44)14-18-5-4-16(3)8-21(18)30/h4-9,11,15,19-20,37H,10,12-14H2,1-3H3,(H,41,42)(H,33,34,36)/t19-,20-/m0/s1. The Morgan fingerprint density at radius 1 is 1.18 bits per heavy atom. The molecule has 12 nitrogen and oxygen atoms in total. The van der Waals surface area contributed by atoms with E-state index in [1.165, 1.54) is 22.9 Å². The molecule has 3 N–H and O–H groups in total. The van der Waals surface area contributed by atoms with Gasteiger partial charge in [-0.15, -0.1) is 0 Å². The van der Waals surface area contributed by atoms with Gasteiger partial charge in [0, 0.05) is 35.1 Å². The minimum Gasteiger partial charge on any atom is -0.465 e. The first-order valence-electron chi connectivity index (χ1n) is 13.9. The van der Waals surface area contributed by atoms with Gasteiger partial charge in [-0.3, -0.25) is 14.1 Å². The number of benzene rings is 2. The summed E-state index contributed by atoms with van der Waals surface area (Å²) in [4.78, 5) is 39.0. The molecule has 2 aromatic carbocycles. The number of alkyl halides is 1. The highest BCUT2D eigenvalue weighted by molar-refractivity contribution is 9.10. The second kappa shape index (κ2) is 12.7. The third kappa shape index (κ3) is 7.22. The third-order valence-corrected chi connectivity index (χ3v) is 9.17. The number of hydrogen-bond donors (Lipinski definition) is 3. The lowest BCUT2D eigenvalue weighted by Crippen LogP contribution is -2.49. The molecule has 238 valence electrons. The number of sulfonamides is 1. The van der Waals surface area contributed by atoms with Gasteiger partial charge in [-0.1, -0.05) is 34.1 Å². The Bertz CT molecular complexity index is 1960. The smallest absolute Gasteiger partial charge is 0.407 e. The lowest BCUT2D eigenvalue weighted by molar-refractivity contribution is 0.102. The molecule has 2 aromatic heterocycles. The largest absolute Gasteiger partial charge is 0.465 e. The molecule has 3 heterocycles. The average Bonchev–Trinajstić information content (AvgIpc) is 2.94. The summed E-state index contributed by atoms with van der Waals surface area (Å²) < 4.78 is 59.3. The highest BCUT2D eigenvalue weighted by atomic mass is 79.9. The second-order valence-corrected chi connectivity index (χ2v) is 13.7. The van der Waals surface area contributed by atoms with Gasteiger partial charge in [0.1, 0.15) is 23.2 Å². The summed E-state index contributed by atoms with van der Waals surface area (Å²) in [6.45, 7) is 5.20. The Kier molecular flexibility index (Phi) is 9.07. The zero-order chi connectivity index (χ0) is 32.6. The highest BCUT2D eigenvalue weighted by Gasteiger charge is 2.30. The number of carboxylic acid groups (broad SMARTS) is 1. The maximum absolute atomic E-state index is 15.2. The van der Waals surface area contributed by atoms with Gasteiger partial charge in [0.05, 0.1) is 24.2 Å². The van der Waals surface area contributed by atoms with Crippen LogP contribution in [0.5, 0.6) is 0 Å². The van der Waals surface area contributed by atoms with Gasteiger partial charge in [0.2, 0.25) is 16.0 Å². The van der Waals surface area contributed by atoms with E-state index in [-0.39, 0.29) is 59.3 Å². The lowest BCUT2D eigenvalue weighted by atomic mass is 10.0. The van der Waals surface area contributed by atoms with E-state index < -0.39 is 45.7 Å². The fourth-order valence-electron chi connectivity index (χ4n) is 5.14. The highest BCUT2D eigenvalue weighted by Crippen LogP contribution is 2.27. The molecule has 0 aliphatic carbocycles. The fraction of sp³-hybridized carbons (Fsp3) is 0.345.